The van der Waals surface area contributed by atoms with Crippen molar-refractivity contribution >= 4 is 23.5 Å². The third-order valence-corrected chi connectivity index (χ3v) is 3.13. The fourth-order valence-electron chi connectivity index (χ4n) is 2.19. The van der Waals surface area contributed by atoms with Gasteiger partial charge in [0.1, 0.15) is 5.92 Å². The first-order valence-electron chi connectivity index (χ1n) is 6.17. The summed E-state index contributed by atoms with van der Waals surface area (Å²) < 4.78 is 0. The minimum absolute atomic E-state index is 0.159. The minimum atomic E-state index is -0.821. The average molecular weight is 260 g/mol. The zero-order valence-corrected chi connectivity index (χ0v) is 11.1. The number of nitrogens with one attached hydrogen (secondary N) is 1. The van der Waals surface area contributed by atoms with Gasteiger partial charge >= 0.3 is 6.03 Å². The van der Waals surface area contributed by atoms with Crippen LogP contribution in [0.5, 0.6) is 0 Å². The molecule has 1 fully saturated rings. The van der Waals surface area contributed by atoms with Gasteiger partial charge in [0.2, 0.25) is 11.8 Å². The molecule has 0 aliphatic carbocycles. The van der Waals surface area contributed by atoms with Crippen LogP contribution in [0.25, 0.3) is 0 Å². The summed E-state index contributed by atoms with van der Waals surface area (Å²) in [4.78, 5) is 37.0. The number of urea groups is 1. The Kier molecular flexibility index (Phi) is 3.38. The second-order valence-electron chi connectivity index (χ2n) is 5.03. The molecule has 5 nitrogen and oxygen atoms in total. The number of rotatable bonds is 2. The first-order valence-corrected chi connectivity index (χ1v) is 6.17. The van der Waals surface area contributed by atoms with Crippen molar-refractivity contribution in [1.29, 1.82) is 0 Å². The highest BCUT2D eigenvalue weighted by Gasteiger charge is 2.42. The van der Waals surface area contributed by atoms with Gasteiger partial charge < -0.3 is 0 Å². The quantitative estimate of drug-likeness (QED) is 0.825. The predicted octanol–water partition coefficient (Wildman–Crippen LogP) is 1.85. The summed E-state index contributed by atoms with van der Waals surface area (Å²) in [6, 6.07) is 6.38. The number of aryl methyl sites for hydroxylation is 1. The fraction of sp³-hybridized carbons (Fsp3) is 0.357. The predicted molar refractivity (Wildman–Crippen MR) is 70.5 cm³/mol. The van der Waals surface area contributed by atoms with E-state index in [1.807, 2.05) is 13.0 Å². The summed E-state index contributed by atoms with van der Waals surface area (Å²) >= 11 is 0. The van der Waals surface area contributed by atoms with Crippen LogP contribution in [0.2, 0.25) is 0 Å². The number of amides is 4. The van der Waals surface area contributed by atoms with Crippen molar-refractivity contribution in [3.63, 3.8) is 0 Å². The van der Waals surface area contributed by atoms with E-state index in [2.05, 4.69) is 5.32 Å². The zero-order valence-electron chi connectivity index (χ0n) is 11.1. The highest BCUT2D eigenvalue weighted by molar-refractivity contribution is 6.27. The standard InChI is InChI=1S/C14H16N2O3/c1-8(2)11-12(17)15-14(19)16(13(11)18)10-6-4-5-9(3)7-10/h4-8,11H,1-3H3,(H,15,17,19). The van der Waals surface area contributed by atoms with Gasteiger partial charge in [0, 0.05) is 0 Å². The topological polar surface area (TPSA) is 66.5 Å². The Morgan fingerprint density at radius 3 is 2.47 bits per heavy atom. The van der Waals surface area contributed by atoms with E-state index >= 15 is 0 Å². The minimum Gasteiger partial charge on any atom is -0.277 e. The van der Waals surface area contributed by atoms with Crippen LogP contribution in [0.15, 0.2) is 24.3 Å². The maximum Gasteiger partial charge on any atom is 0.335 e. The van der Waals surface area contributed by atoms with Crippen LogP contribution in [0, 0.1) is 18.8 Å². The zero-order chi connectivity index (χ0) is 14.2. The van der Waals surface area contributed by atoms with E-state index in [0.29, 0.717) is 5.69 Å². The van der Waals surface area contributed by atoms with Crippen LogP contribution in [-0.4, -0.2) is 17.8 Å². The molecule has 0 bridgehead atoms. The SMILES string of the molecule is Cc1cccc(N2C(=O)NC(=O)C(C(C)C)C2=O)c1. The molecule has 5 heteroatoms. The number of hydrogen-bond acceptors (Lipinski definition) is 3. The van der Waals surface area contributed by atoms with Crippen LogP contribution in [0.3, 0.4) is 0 Å². The third kappa shape index (κ3) is 2.36. The molecule has 0 aromatic heterocycles. The van der Waals surface area contributed by atoms with Gasteiger partial charge in [-0.2, -0.15) is 0 Å². The first kappa shape index (κ1) is 13.3. The summed E-state index contributed by atoms with van der Waals surface area (Å²) in [5.74, 6) is -1.96. The van der Waals surface area contributed by atoms with Crippen LogP contribution in [-0.2, 0) is 9.59 Å². The summed E-state index contributed by atoms with van der Waals surface area (Å²) in [6.07, 6.45) is 0. The Bertz CT molecular complexity index is 551. The Morgan fingerprint density at radius 1 is 1.21 bits per heavy atom. The van der Waals surface area contributed by atoms with E-state index in [1.54, 1.807) is 32.0 Å². The molecule has 0 saturated carbocycles. The molecule has 0 radical (unpaired) electrons. The smallest absolute Gasteiger partial charge is 0.277 e. The lowest BCUT2D eigenvalue weighted by molar-refractivity contribution is -0.136. The van der Waals surface area contributed by atoms with Gasteiger partial charge in [-0.15, -0.1) is 0 Å². The maximum absolute atomic E-state index is 12.3. The molecule has 1 heterocycles. The van der Waals surface area contributed by atoms with E-state index in [4.69, 9.17) is 0 Å². The van der Waals surface area contributed by atoms with E-state index in [1.165, 1.54) is 0 Å². The molecular weight excluding hydrogens is 244 g/mol. The van der Waals surface area contributed by atoms with Crippen molar-refractivity contribution < 1.29 is 14.4 Å². The summed E-state index contributed by atoms with van der Waals surface area (Å²) in [5, 5.41) is 2.24. The number of barbiturate groups is 1. The van der Waals surface area contributed by atoms with Crippen molar-refractivity contribution in [3.8, 4) is 0 Å². The maximum atomic E-state index is 12.3. The molecule has 1 unspecified atom stereocenters. The van der Waals surface area contributed by atoms with Crippen LogP contribution < -0.4 is 10.2 Å². The van der Waals surface area contributed by atoms with Crippen LogP contribution >= 0.6 is 0 Å². The fourth-order valence-corrected chi connectivity index (χ4v) is 2.19. The van der Waals surface area contributed by atoms with Crippen molar-refractivity contribution in [2.45, 2.75) is 20.8 Å². The monoisotopic (exact) mass is 260 g/mol. The molecular formula is C14H16N2O3. The number of nitrogens with zero attached hydrogens (tertiary/aromatic N) is 1. The van der Waals surface area contributed by atoms with Gasteiger partial charge in [-0.25, -0.2) is 9.69 Å². The normalized spacial score (nSPS) is 19.9. The molecule has 1 saturated heterocycles. The van der Waals surface area contributed by atoms with Crippen molar-refractivity contribution in [2.24, 2.45) is 11.8 Å². The molecule has 1 N–H and O–H groups in total. The van der Waals surface area contributed by atoms with Gasteiger partial charge in [-0.3, -0.25) is 14.9 Å². The third-order valence-electron chi connectivity index (χ3n) is 3.13. The lowest BCUT2D eigenvalue weighted by Gasteiger charge is -2.31. The lowest BCUT2D eigenvalue weighted by atomic mass is 9.92. The summed E-state index contributed by atoms with van der Waals surface area (Å²) in [6.45, 7) is 5.44. The number of hydrogen-bond donors (Lipinski definition) is 1. The van der Waals surface area contributed by atoms with Gasteiger partial charge in [0.05, 0.1) is 5.69 Å². The van der Waals surface area contributed by atoms with Crippen LogP contribution in [0.1, 0.15) is 19.4 Å². The molecule has 1 aliphatic rings. The van der Waals surface area contributed by atoms with Crippen LogP contribution in [0.4, 0.5) is 10.5 Å². The number of carbonyl (C=O) groups excluding carboxylic acids is 3. The number of carbonyl (C=O) groups is 3. The Labute approximate surface area is 111 Å². The molecule has 19 heavy (non-hydrogen) atoms. The summed E-state index contributed by atoms with van der Waals surface area (Å²) in [7, 11) is 0. The second-order valence-corrected chi connectivity index (χ2v) is 5.03. The van der Waals surface area contributed by atoms with E-state index in [9.17, 15) is 14.4 Å². The average Bonchev–Trinajstić information content (AvgIpc) is 2.27. The highest BCUT2D eigenvalue weighted by Crippen LogP contribution is 2.25. The van der Waals surface area contributed by atoms with Gasteiger partial charge in [0.25, 0.3) is 0 Å². The molecule has 0 spiro atoms. The van der Waals surface area contributed by atoms with Gasteiger partial charge in [-0.05, 0) is 30.5 Å². The molecule has 1 aromatic rings. The summed E-state index contributed by atoms with van der Waals surface area (Å²) in [5.41, 5.74) is 1.43. The van der Waals surface area contributed by atoms with Gasteiger partial charge in [0.15, 0.2) is 0 Å². The molecule has 1 atom stereocenters. The molecule has 2 rings (SSSR count). The Balaban J connectivity index is 2.42. The molecule has 1 aromatic carbocycles. The second kappa shape index (κ2) is 4.84. The first-order chi connectivity index (χ1) is 8.91. The van der Waals surface area contributed by atoms with Crippen molar-refractivity contribution in [3.05, 3.63) is 29.8 Å². The van der Waals surface area contributed by atoms with Crippen molar-refractivity contribution in [2.75, 3.05) is 4.90 Å². The number of benzene rings is 1. The largest absolute Gasteiger partial charge is 0.335 e. The van der Waals surface area contributed by atoms with E-state index in [-0.39, 0.29) is 5.92 Å². The van der Waals surface area contributed by atoms with E-state index < -0.39 is 23.8 Å². The molecule has 1 aliphatic heterocycles. The van der Waals surface area contributed by atoms with E-state index in [0.717, 1.165) is 10.5 Å². The highest BCUT2D eigenvalue weighted by atomic mass is 16.2. The Hall–Kier alpha value is -2.17. The molecule has 100 valence electrons. The number of anilines is 1. The lowest BCUT2D eigenvalue weighted by Crippen LogP contribution is -2.59. The number of imide groups is 2. The molecule has 4 amide bonds. The van der Waals surface area contributed by atoms with Gasteiger partial charge in [-0.1, -0.05) is 26.0 Å². The van der Waals surface area contributed by atoms with Crippen molar-refractivity contribution in [1.82, 2.24) is 5.32 Å². The Morgan fingerprint density at radius 2 is 1.89 bits per heavy atom.